The van der Waals surface area contributed by atoms with Gasteiger partial charge in [-0.2, -0.15) is 5.10 Å². The number of hydrogen-bond acceptors (Lipinski definition) is 3. The highest BCUT2D eigenvalue weighted by atomic mass is 19.1. The summed E-state index contributed by atoms with van der Waals surface area (Å²) in [5, 5.41) is 8.09. The maximum Gasteiger partial charge on any atom is 0.133 e. The van der Waals surface area contributed by atoms with E-state index in [0.29, 0.717) is 11.3 Å². The maximum absolute atomic E-state index is 13.4. The van der Waals surface area contributed by atoms with Gasteiger partial charge in [0.2, 0.25) is 0 Å². The van der Waals surface area contributed by atoms with Crippen LogP contribution >= 0.6 is 0 Å². The van der Waals surface area contributed by atoms with E-state index in [2.05, 4.69) is 15.1 Å². The molecule has 1 saturated heterocycles. The topological polar surface area (TPSA) is 41.1 Å². The standard InChI is InChI=1S/C14H18FN3O/c1-19-13-9-10(15)8-12-14(13)11(16-17-12)4-7-18-5-2-3-6-18/h8-9H,2-7H2,1H3,(H,16,17). The van der Waals surface area contributed by atoms with Gasteiger partial charge in [0.15, 0.2) is 0 Å². The number of aromatic nitrogens is 2. The first kappa shape index (κ1) is 12.4. The van der Waals surface area contributed by atoms with Crippen molar-refractivity contribution in [1.29, 1.82) is 0 Å². The molecule has 19 heavy (non-hydrogen) atoms. The van der Waals surface area contributed by atoms with Gasteiger partial charge in [-0.1, -0.05) is 0 Å². The van der Waals surface area contributed by atoms with E-state index in [0.717, 1.165) is 24.0 Å². The number of rotatable bonds is 4. The molecule has 0 spiro atoms. The molecule has 0 bridgehead atoms. The minimum absolute atomic E-state index is 0.318. The van der Waals surface area contributed by atoms with Gasteiger partial charge < -0.3 is 9.64 Å². The third-order valence-corrected chi connectivity index (χ3v) is 3.76. The van der Waals surface area contributed by atoms with Crippen LogP contribution in [0.25, 0.3) is 10.9 Å². The summed E-state index contributed by atoms with van der Waals surface area (Å²) in [4.78, 5) is 2.45. The van der Waals surface area contributed by atoms with Crippen molar-refractivity contribution in [3.8, 4) is 5.75 Å². The van der Waals surface area contributed by atoms with Gasteiger partial charge in [-0.05, 0) is 25.9 Å². The summed E-state index contributed by atoms with van der Waals surface area (Å²) in [7, 11) is 1.56. The molecule has 5 heteroatoms. The van der Waals surface area contributed by atoms with Crippen molar-refractivity contribution in [2.24, 2.45) is 0 Å². The third kappa shape index (κ3) is 2.42. The summed E-state index contributed by atoms with van der Waals surface area (Å²) in [6.07, 6.45) is 3.47. The van der Waals surface area contributed by atoms with Crippen molar-refractivity contribution in [3.63, 3.8) is 0 Å². The van der Waals surface area contributed by atoms with Crippen LogP contribution in [0.3, 0.4) is 0 Å². The average Bonchev–Trinajstić information content (AvgIpc) is 3.04. The number of aromatic amines is 1. The average molecular weight is 263 g/mol. The fourth-order valence-electron chi connectivity index (χ4n) is 2.76. The molecular formula is C14H18FN3O. The fraction of sp³-hybridized carbons (Fsp3) is 0.500. The number of ether oxygens (including phenoxy) is 1. The third-order valence-electron chi connectivity index (χ3n) is 3.76. The molecular weight excluding hydrogens is 245 g/mol. The number of fused-ring (bicyclic) bond motifs is 1. The normalized spacial score (nSPS) is 16.3. The number of nitrogens with one attached hydrogen (secondary N) is 1. The fourth-order valence-corrected chi connectivity index (χ4v) is 2.76. The number of hydrogen-bond donors (Lipinski definition) is 1. The lowest BCUT2D eigenvalue weighted by Gasteiger charge is -2.13. The van der Waals surface area contributed by atoms with Gasteiger partial charge in [-0.25, -0.2) is 4.39 Å². The van der Waals surface area contributed by atoms with E-state index >= 15 is 0 Å². The zero-order valence-electron chi connectivity index (χ0n) is 11.1. The minimum Gasteiger partial charge on any atom is -0.496 e. The van der Waals surface area contributed by atoms with E-state index in [-0.39, 0.29) is 5.82 Å². The van der Waals surface area contributed by atoms with Gasteiger partial charge >= 0.3 is 0 Å². The van der Waals surface area contributed by atoms with Gasteiger partial charge in [0.05, 0.1) is 18.0 Å². The summed E-state index contributed by atoms with van der Waals surface area (Å²) < 4.78 is 18.6. The molecule has 0 amide bonds. The number of methoxy groups -OCH3 is 1. The second kappa shape index (κ2) is 5.17. The number of nitrogens with zero attached hydrogens (tertiary/aromatic N) is 2. The number of likely N-dealkylation sites (tertiary alicyclic amines) is 1. The molecule has 3 rings (SSSR count). The van der Waals surface area contributed by atoms with Crippen molar-refractivity contribution in [2.45, 2.75) is 19.3 Å². The first-order valence-electron chi connectivity index (χ1n) is 6.71. The second-order valence-electron chi connectivity index (χ2n) is 5.00. The summed E-state index contributed by atoms with van der Waals surface area (Å²) >= 11 is 0. The summed E-state index contributed by atoms with van der Waals surface area (Å²) in [6.45, 7) is 3.37. The summed E-state index contributed by atoms with van der Waals surface area (Å²) in [5.74, 6) is 0.238. The van der Waals surface area contributed by atoms with E-state index in [9.17, 15) is 4.39 Å². The zero-order chi connectivity index (χ0) is 13.2. The van der Waals surface area contributed by atoms with E-state index in [1.807, 2.05) is 0 Å². The molecule has 2 aromatic rings. The Morgan fingerprint density at radius 1 is 1.37 bits per heavy atom. The van der Waals surface area contributed by atoms with Crippen molar-refractivity contribution in [1.82, 2.24) is 15.1 Å². The van der Waals surface area contributed by atoms with Gasteiger partial charge in [0, 0.05) is 30.8 Å². The summed E-state index contributed by atoms with van der Waals surface area (Å²) in [6, 6.07) is 2.85. The van der Waals surface area contributed by atoms with Crippen LogP contribution in [0.5, 0.6) is 5.75 Å². The minimum atomic E-state index is -0.318. The number of halogens is 1. The van der Waals surface area contributed by atoms with Crippen molar-refractivity contribution >= 4 is 10.9 Å². The van der Waals surface area contributed by atoms with Gasteiger partial charge in [-0.3, -0.25) is 5.10 Å². The van der Waals surface area contributed by atoms with Gasteiger partial charge in [-0.15, -0.1) is 0 Å². The van der Waals surface area contributed by atoms with Gasteiger partial charge in [0.1, 0.15) is 11.6 Å². The Morgan fingerprint density at radius 3 is 2.89 bits per heavy atom. The highest BCUT2D eigenvalue weighted by molar-refractivity contribution is 5.87. The number of H-pyrrole nitrogens is 1. The Labute approximate surface area is 111 Å². The van der Waals surface area contributed by atoms with Crippen LogP contribution in [0.2, 0.25) is 0 Å². The van der Waals surface area contributed by atoms with Crippen LogP contribution in [0.1, 0.15) is 18.5 Å². The van der Waals surface area contributed by atoms with Crippen LogP contribution in [0, 0.1) is 5.82 Å². The molecule has 0 atom stereocenters. The molecule has 0 aliphatic carbocycles. The first-order valence-corrected chi connectivity index (χ1v) is 6.71. The second-order valence-corrected chi connectivity index (χ2v) is 5.00. The monoisotopic (exact) mass is 263 g/mol. The molecule has 1 N–H and O–H groups in total. The SMILES string of the molecule is COc1cc(F)cc2n[nH]c(CCN3CCCC3)c12. The molecule has 2 heterocycles. The van der Waals surface area contributed by atoms with E-state index in [1.54, 1.807) is 7.11 Å². The molecule has 102 valence electrons. The van der Waals surface area contributed by atoms with E-state index < -0.39 is 0 Å². The maximum atomic E-state index is 13.4. The Hall–Kier alpha value is -1.62. The Kier molecular flexibility index (Phi) is 3.38. The lowest BCUT2D eigenvalue weighted by atomic mass is 10.1. The van der Waals surface area contributed by atoms with Crippen LogP contribution < -0.4 is 4.74 Å². The quantitative estimate of drug-likeness (QED) is 0.920. The van der Waals surface area contributed by atoms with Crippen molar-refractivity contribution in [2.75, 3.05) is 26.7 Å². The first-order chi connectivity index (χ1) is 9.28. The van der Waals surface area contributed by atoms with Crippen LogP contribution in [-0.4, -0.2) is 41.8 Å². The van der Waals surface area contributed by atoms with Crippen molar-refractivity contribution in [3.05, 3.63) is 23.6 Å². The van der Waals surface area contributed by atoms with E-state index in [4.69, 9.17) is 4.74 Å². The predicted molar refractivity (Wildman–Crippen MR) is 72.0 cm³/mol. The molecule has 1 fully saturated rings. The van der Waals surface area contributed by atoms with Crippen molar-refractivity contribution < 1.29 is 9.13 Å². The largest absolute Gasteiger partial charge is 0.496 e. The van der Waals surface area contributed by atoms with Crippen LogP contribution in [0.15, 0.2) is 12.1 Å². The lowest BCUT2D eigenvalue weighted by Crippen LogP contribution is -2.22. The van der Waals surface area contributed by atoms with Gasteiger partial charge in [0.25, 0.3) is 0 Å². The summed E-state index contributed by atoms with van der Waals surface area (Å²) in [5.41, 5.74) is 1.66. The van der Waals surface area contributed by atoms with Crippen LogP contribution in [-0.2, 0) is 6.42 Å². The highest BCUT2D eigenvalue weighted by Gasteiger charge is 2.15. The van der Waals surface area contributed by atoms with E-state index in [1.165, 1.54) is 38.1 Å². The molecule has 1 aliphatic heterocycles. The Morgan fingerprint density at radius 2 is 2.16 bits per heavy atom. The van der Waals surface area contributed by atoms with Crippen LogP contribution in [0.4, 0.5) is 4.39 Å². The highest BCUT2D eigenvalue weighted by Crippen LogP contribution is 2.29. The molecule has 1 aromatic heterocycles. The lowest BCUT2D eigenvalue weighted by molar-refractivity contribution is 0.342. The Bertz CT molecular complexity index is 575. The molecule has 4 nitrogen and oxygen atoms in total. The smallest absolute Gasteiger partial charge is 0.133 e. The molecule has 1 aromatic carbocycles. The molecule has 0 saturated carbocycles. The molecule has 1 aliphatic rings. The number of benzene rings is 1. The zero-order valence-corrected chi connectivity index (χ0v) is 11.1. The molecule has 0 unspecified atom stereocenters. The predicted octanol–water partition coefficient (Wildman–Crippen LogP) is 2.35. The molecule has 0 radical (unpaired) electrons. The Balaban J connectivity index is 1.86.